The third kappa shape index (κ3) is 2.19. The minimum Gasteiger partial charge on any atom is -0.368 e. The number of Topliss-reactive ketones (excluding diaryl/α,β-unsaturated/α-hetero) is 1. The van der Waals surface area contributed by atoms with E-state index in [-0.39, 0.29) is 23.8 Å². The number of pyridine rings is 1. The first kappa shape index (κ1) is 13.6. The maximum atomic E-state index is 12.3. The highest BCUT2D eigenvalue weighted by molar-refractivity contribution is 6.09. The number of nitriles is 1. The van der Waals surface area contributed by atoms with Gasteiger partial charge in [-0.15, -0.1) is 0 Å². The number of fused-ring (bicyclic) bond motifs is 1. The zero-order chi connectivity index (χ0) is 15.8. The number of ketones is 1. The predicted molar refractivity (Wildman–Crippen MR) is 80.7 cm³/mol. The van der Waals surface area contributed by atoms with Crippen LogP contribution in [-0.4, -0.2) is 43.5 Å². The van der Waals surface area contributed by atoms with E-state index >= 15 is 0 Å². The Morgan fingerprint density at radius 2 is 2.26 bits per heavy atom. The summed E-state index contributed by atoms with van der Waals surface area (Å²) in [6.45, 7) is 1.49. The Labute approximate surface area is 132 Å². The fourth-order valence-electron chi connectivity index (χ4n) is 3.34. The average molecular weight is 306 g/mol. The zero-order valence-electron chi connectivity index (χ0n) is 12.4. The molecule has 2 aromatic heterocycles. The van der Waals surface area contributed by atoms with Crippen molar-refractivity contribution in [1.82, 2.24) is 24.6 Å². The largest absolute Gasteiger partial charge is 0.368 e. The third-order valence-electron chi connectivity index (χ3n) is 4.43. The monoisotopic (exact) mass is 306 g/mol. The highest BCUT2D eigenvalue weighted by Crippen LogP contribution is 2.35. The second kappa shape index (κ2) is 5.32. The second-order valence-corrected chi connectivity index (χ2v) is 5.73. The molecule has 1 aliphatic carbocycles. The summed E-state index contributed by atoms with van der Waals surface area (Å²) >= 11 is 0. The van der Waals surface area contributed by atoms with E-state index in [1.807, 2.05) is 10.7 Å². The van der Waals surface area contributed by atoms with Crippen LogP contribution in [0.2, 0.25) is 0 Å². The van der Waals surface area contributed by atoms with E-state index < -0.39 is 0 Å². The maximum absolute atomic E-state index is 12.3. The van der Waals surface area contributed by atoms with Crippen LogP contribution in [0.3, 0.4) is 0 Å². The standard InChI is InChI=1S/C16H14N6O/c17-6-14-15(23)5-11-7-18-3-1-13(11)16(14)21-4-2-12(8-21)22-10-19-9-20-22/h1,3,7,9-10,12H,2,4-5,8H2/t12-/m0/s1. The number of hydrogen-bond acceptors (Lipinski definition) is 6. The number of aromatic nitrogens is 4. The lowest BCUT2D eigenvalue weighted by molar-refractivity contribution is -0.114. The van der Waals surface area contributed by atoms with Crippen molar-refractivity contribution in [3.63, 3.8) is 0 Å². The van der Waals surface area contributed by atoms with Crippen molar-refractivity contribution in [3.8, 4) is 6.07 Å². The highest BCUT2D eigenvalue weighted by atomic mass is 16.1. The first-order chi connectivity index (χ1) is 11.3. The topological polar surface area (TPSA) is 87.7 Å². The molecular formula is C16H14N6O. The van der Waals surface area contributed by atoms with Crippen LogP contribution in [0, 0.1) is 11.3 Å². The van der Waals surface area contributed by atoms with Crippen molar-refractivity contribution in [1.29, 1.82) is 5.26 Å². The normalized spacial score (nSPS) is 20.6. The summed E-state index contributed by atoms with van der Waals surface area (Å²) in [4.78, 5) is 22.5. The Bertz CT molecular complexity index is 833. The average Bonchev–Trinajstić information content (AvgIpc) is 3.24. The Morgan fingerprint density at radius 1 is 1.35 bits per heavy atom. The van der Waals surface area contributed by atoms with E-state index in [1.165, 1.54) is 6.33 Å². The van der Waals surface area contributed by atoms with Gasteiger partial charge in [0.1, 0.15) is 24.3 Å². The molecule has 0 unspecified atom stereocenters. The van der Waals surface area contributed by atoms with Crippen molar-refractivity contribution in [2.45, 2.75) is 18.9 Å². The number of carbonyl (C=O) groups excluding carboxylic acids is 1. The summed E-state index contributed by atoms with van der Waals surface area (Å²) in [5, 5.41) is 13.7. The molecule has 2 aromatic rings. The quantitative estimate of drug-likeness (QED) is 0.822. The lowest BCUT2D eigenvalue weighted by atomic mass is 9.89. The summed E-state index contributed by atoms with van der Waals surface area (Å²) in [6, 6.07) is 4.19. The lowest BCUT2D eigenvalue weighted by Crippen LogP contribution is -2.27. The molecule has 7 nitrogen and oxygen atoms in total. The Hall–Kier alpha value is -3.01. The zero-order valence-corrected chi connectivity index (χ0v) is 12.4. The minimum atomic E-state index is -0.132. The molecular weight excluding hydrogens is 292 g/mol. The molecule has 0 bridgehead atoms. The van der Waals surface area contributed by atoms with Crippen LogP contribution in [0.5, 0.6) is 0 Å². The molecule has 0 N–H and O–H groups in total. The Kier molecular flexibility index (Phi) is 3.15. The van der Waals surface area contributed by atoms with E-state index in [2.05, 4.69) is 26.0 Å². The van der Waals surface area contributed by atoms with Crippen LogP contribution in [0.4, 0.5) is 0 Å². The maximum Gasteiger partial charge on any atom is 0.179 e. The van der Waals surface area contributed by atoms with Gasteiger partial charge in [0.15, 0.2) is 5.78 Å². The van der Waals surface area contributed by atoms with Crippen LogP contribution in [0.25, 0.3) is 5.70 Å². The lowest BCUT2D eigenvalue weighted by Gasteiger charge is -2.27. The second-order valence-electron chi connectivity index (χ2n) is 5.73. The number of rotatable bonds is 2. The van der Waals surface area contributed by atoms with Gasteiger partial charge in [-0.25, -0.2) is 9.67 Å². The van der Waals surface area contributed by atoms with E-state index in [0.717, 1.165) is 29.8 Å². The van der Waals surface area contributed by atoms with E-state index in [1.54, 1.807) is 18.7 Å². The molecule has 1 aliphatic heterocycles. The number of allylic oxidation sites excluding steroid dienone is 1. The number of hydrogen-bond donors (Lipinski definition) is 0. The van der Waals surface area contributed by atoms with Gasteiger partial charge in [-0.3, -0.25) is 9.78 Å². The Balaban J connectivity index is 1.74. The van der Waals surface area contributed by atoms with E-state index in [9.17, 15) is 10.1 Å². The molecule has 114 valence electrons. The van der Waals surface area contributed by atoms with Gasteiger partial charge in [0.25, 0.3) is 0 Å². The molecule has 0 aromatic carbocycles. The van der Waals surface area contributed by atoms with Crippen LogP contribution in [-0.2, 0) is 11.2 Å². The van der Waals surface area contributed by atoms with Crippen molar-refractivity contribution in [3.05, 3.63) is 47.8 Å². The summed E-state index contributed by atoms with van der Waals surface area (Å²) in [5.74, 6) is -0.132. The molecule has 0 spiro atoms. The first-order valence-electron chi connectivity index (χ1n) is 7.48. The van der Waals surface area contributed by atoms with Crippen molar-refractivity contribution in [2.24, 2.45) is 0 Å². The van der Waals surface area contributed by atoms with E-state index in [0.29, 0.717) is 6.54 Å². The summed E-state index contributed by atoms with van der Waals surface area (Å²) in [7, 11) is 0. The van der Waals surface area contributed by atoms with Crippen LogP contribution >= 0.6 is 0 Å². The molecule has 0 radical (unpaired) electrons. The van der Waals surface area contributed by atoms with E-state index in [4.69, 9.17) is 0 Å². The van der Waals surface area contributed by atoms with Crippen molar-refractivity contribution < 1.29 is 4.79 Å². The number of likely N-dealkylation sites (tertiary alicyclic amines) is 1. The van der Waals surface area contributed by atoms with Crippen LogP contribution in [0.15, 0.2) is 36.7 Å². The molecule has 1 atom stereocenters. The first-order valence-corrected chi connectivity index (χ1v) is 7.48. The molecule has 0 saturated carbocycles. The molecule has 3 heterocycles. The smallest absolute Gasteiger partial charge is 0.179 e. The van der Waals surface area contributed by atoms with Gasteiger partial charge in [0.2, 0.25) is 0 Å². The summed E-state index contributed by atoms with van der Waals surface area (Å²) < 4.78 is 1.84. The molecule has 4 rings (SSSR count). The van der Waals surface area contributed by atoms with Crippen LogP contribution < -0.4 is 0 Å². The minimum absolute atomic E-state index is 0.132. The Morgan fingerprint density at radius 3 is 3.04 bits per heavy atom. The fourth-order valence-corrected chi connectivity index (χ4v) is 3.34. The molecule has 1 fully saturated rings. The number of carbonyl (C=O) groups is 1. The van der Waals surface area contributed by atoms with Gasteiger partial charge in [0.05, 0.1) is 11.7 Å². The summed E-state index contributed by atoms with van der Waals surface area (Å²) in [5.41, 5.74) is 2.82. The molecule has 0 amide bonds. The molecule has 2 aliphatic rings. The van der Waals surface area contributed by atoms with Crippen molar-refractivity contribution in [2.75, 3.05) is 13.1 Å². The SMILES string of the molecule is N#CC1=C(N2CC[C@H](n3cncn3)C2)c2ccncc2CC1=O. The third-order valence-corrected chi connectivity index (χ3v) is 4.43. The number of nitrogens with zero attached hydrogens (tertiary/aromatic N) is 6. The fraction of sp³-hybridized carbons (Fsp3) is 0.312. The van der Waals surface area contributed by atoms with Gasteiger partial charge in [-0.2, -0.15) is 10.4 Å². The van der Waals surface area contributed by atoms with Gasteiger partial charge >= 0.3 is 0 Å². The predicted octanol–water partition coefficient (Wildman–Crippen LogP) is 0.980. The van der Waals surface area contributed by atoms with Crippen LogP contribution in [0.1, 0.15) is 23.6 Å². The van der Waals surface area contributed by atoms with Gasteiger partial charge in [-0.1, -0.05) is 0 Å². The van der Waals surface area contributed by atoms with Gasteiger partial charge < -0.3 is 4.90 Å². The molecule has 1 saturated heterocycles. The highest BCUT2D eigenvalue weighted by Gasteiger charge is 2.33. The molecule has 23 heavy (non-hydrogen) atoms. The van der Waals surface area contributed by atoms with Crippen molar-refractivity contribution >= 4 is 11.5 Å². The van der Waals surface area contributed by atoms with Gasteiger partial charge in [-0.05, 0) is 18.1 Å². The molecule has 7 heteroatoms. The van der Waals surface area contributed by atoms with Gasteiger partial charge in [0, 0.05) is 37.5 Å². The summed E-state index contributed by atoms with van der Waals surface area (Å²) in [6.07, 6.45) is 7.79.